The number of rotatable bonds is 3. The van der Waals surface area contributed by atoms with E-state index < -0.39 is 11.1 Å². The predicted octanol–water partition coefficient (Wildman–Crippen LogP) is -1.68. The van der Waals surface area contributed by atoms with Gasteiger partial charge in [0.2, 0.25) is 5.12 Å². The summed E-state index contributed by atoms with van der Waals surface area (Å²) in [7, 11) is 0. The number of primary amides is 1. The Morgan fingerprint density at radius 3 is 2.62 bits per heavy atom. The van der Waals surface area contributed by atoms with Gasteiger partial charge in [-0.3, -0.25) is 4.79 Å². The summed E-state index contributed by atoms with van der Waals surface area (Å²) in [4.78, 5) is 21.6. The Kier molecular flexibility index (Phi) is 3.83. The van der Waals surface area contributed by atoms with Gasteiger partial charge in [-0.2, -0.15) is 0 Å². The van der Waals surface area contributed by atoms with Crippen LogP contribution in [0.5, 0.6) is 0 Å². The van der Waals surface area contributed by atoms with Crippen LogP contribution in [-0.4, -0.2) is 33.1 Å². The molecule has 0 aliphatic heterocycles. The zero-order chi connectivity index (χ0) is 12.1. The zero-order valence-corrected chi connectivity index (χ0v) is 8.82. The molecule has 0 fully saturated rings. The van der Waals surface area contributed by atoms with Crippen molar-refractivity contribution in [3.8, 4) is 0 Å². The number of carbonyl (C=O) groups excluding carboxylic acids is 2. The summed E-state index contributed by atoms with van der Waals surface area (Å²) in [5, 5.41) is 12.1. The summed E-state index contributed by atoms with van der Waals surface area (Å²) in [6, 6.07) is -0.790. The van der Waals surface area contributed by atoms with E-state index >= 15 is 0 Å². The molecule has 0 spiro atoms. The SMILES string of the molecule is NC(=O)NCC(=O)Sc1nnnc(N)c1N. The lowest BCUT2D eigenvalue weighted by atomic mass is 10.5. The molecule has 7 N–H and O–H groups in total. The highest BCUT2D eigenvalue weighted by Gasteiger charge is 2.12. The lowest BCUT2D eigenvalue weighted by Gasteiger charge is -2.03. The average Bonchev–Trinajstić information content (AvgIpc) is 2.22. The van der Waals surface area contributed by atoms with Crippen LogP contribution in [0.15, 0.2) is 5.03 Å². The maximum Gasteiger partial charge on any atom is 0.312 e. The van der Waals surface area contributed by atoms with Crippen LogP contribution in [0.25, 0.3) is 0 Å². The molecule has 0 bridgehead atoms. The Morgan fingerprint density at radius 1 is 1.31 bits per heavy atom. The second kappa shape index (κ2) is 5.11. The second-order valence-corrected chi connectivity index (χ2v) is 3.63. The van der Waals surface area contributed by atoms with E-state index in [1.165, 1.54) is 0 Å². The van der Waals surface area contributed by atoms with E-state index in [0.29, 0.717) is 11.8 Å². The predicted molar refractivity (Wildman–Crippen MR) is 57.1 cm³/mol. The normalized spacial score (nSPS) is 9.75. The third-order valence-corrected chi connectivity index (χ3v) is 2.28. The van der Waals surface area contributed by atoms with E-state index in [1.54, 1.807) is 0 Å². The number of urea groups is 1. The van der Waals surface area contributed by atoms with Crippen molar-refractivity contribution >= 4 is 34.4 Å². The fourth-order valence-corrected chi connectivity index (χ4v) is 1.36. The number of nitrogens with zero attached hydrogens (tertiary/aromatic N) is 3. The Balaban J connectivity index is 2.63. The van der Waals surface area contributed by atoms with Gasteiger partial charge >= 0.3 is 6.03 Å². The Bertz CT molecular complexity index is 423. The van der Waals surface area contributed by atoms with Gasteiger partial charge in [-0.25, -0.2) is 4.79 Å². The standard InChI is InChI=1S/C6H9N7O2S/c7-3-4(8)11-13-12-5(3)16-2(14)1-10-6(9)15/h1H2,(H2,7,13)(H2,8,11,12)(H3,9,10,15). The van der Waals surface area contributed by atoms with Gasteiger partial charge in [0.15, 0.2) is 10.8 Å². The summed E-state index contributed by atoms with van der Waals surface area (Å²) >= 11 is 0.699. The third kappa shape index (κ3) is 3.24. The van der Waals surface area contributed by atoms with Crippen molar-refractivity contribution in [1.29, 1.82) is 0 Å². The van der Waals surface area contributed by atoms with Gasteiger partial charge in [0.05, 0.1) is 6.54 Å². The molecule has 2 amide bonds. The number of hydrogen-bond donors (Lipinski definition) is 4. The average molecular weight is 243 g/mol. The quantitative estimate of drug-likeness (QED) is 0.457. The zero-order valence-electron chi connectivity index (χ0n) is 8.01. The number of thioether (sulfide) groups is 1. The highest BCUT2D eigenvalue weighted by atomic mass is 32.2. The minimum atomic E-state index is -0.790. The molecule has 0 aliphatic rings. The van der Waals surface area contributed by atoms with Gasteiger partial charge in [-0.1, -0.05) is 0 Å². The Morgan fingerprint density at radius 2 is 2.00 bits per heavy atom. The van der Waals surface area contributed by atoms with Crippen molar-refractivity contribution in [2.45, 2.75) is 5.03 Å². The summed E-state index contributed by atoms with van der Waals surface area (Å²) < 4.78 is 0. The van der Waals surface area contributed by atoms with Crippen molar-refractivity contribution in [3.63, 3.8) is 0 Å². The van der Waals surface area contributed by atoms with Crippen LogP contribution in [0.2, 0.25) is 0 Å². The molecule has 86 valence electrons. The molecule has 1 rings (SSSR count). The highest BCUT2D eigenvalue weighted by Crippen LogP contribution is 2.24. The molecule has 1 aromatic rings. The largest absolute Gasteiger partial charge is 0.393 e. The van der Waals surface area contributed by atoms with Gasteiger partial charge < -0.3 is 22.5 Å². The van der Waals surface area contributed by atoms with Crippen molar-refractivity contribution in [2.75, 3.05) is 18.0 Å². The monoisotopic (exact) mass is 243 g/mol. The van der Waals surface area contributed by atoms with Crippen LogP contribution in [0.4, 0.5) is 16.3 Å². The fraction of sp³-hybridized carbons (Fsp3) is 0.167. The first kappa shape index (κ1) is 12.0. The molecular weight excluding hydrogens is 234 g/mol. The first-order chi connectivity index (χ1) is 7.50. The molecule has 0 aliphatic carbocycles. The minimum absolute atomic E-state index is 0.00633. The first-order valence-electron chi connectivity index (χ1n) is 3.99. The van der Waals surface area contributed by atoms with Gasteiger partial charge in [0.25, 0.3) is 0 Å². The van der Waals surface area contributed by atoms with Crippen molar-refractivity contribution in [2.24, 2.45) is 5.73 Å². The number of nitrogens with one attached hydrogen (secondary N) is 1. The minimum Gasteiger partial charge on any atom is -0.393 e. The maximum atomic E-state index is 11.3. The lowest BCUT2D eigenvalue weighted by molar-refractivity contribution is -0.110. The number of amides is 2. The van der Waals surface area contributed by atoms with E-state index in [1.807, 2.05) is 0 Å². The molecule has 1 aromatic heterocycles. The Labute approximate surface area is 94.1 Å². The number of hydrogen-bond acceptors (Lipinski definition) is 8. The van der Waals surface area contributed by atoms with Gasteiger partial charge in [0, 0.05) is 0 Å². The molecule has 9 nitrogen and oxygen atoms in total. The topological polar surface area (TPSA) is 163 Å². The second-order valence-electron chi connectivity index (χ2n) is 2.59. The van der Waals surface area contributed by atoms with Gasteiger partial charge in [-0.05, 0) is 17.0 Å². The molecule has 0 radical (unpaired) electrons. The maximum absolute atomic E-state index is 11.3. The smallest absolute Gasteiger partial charge is 0.312 e. The molecule has 10 heteroatoms. The molecule has 1 heterocycles. The highest BCUT2D eigenvalue weighted by molar-refractivity contribution is 8.13. The van der Waals surface area contributed by atoms with Crippen LogP contribution in [0.3, 0.4) is 0 Å². The molecule has 16 heavy (non-hydrogen) atoms. The number of nitrogen functional groups attached to an aromatic ring is 2. The summed E-state index contributed by atoms with van der Waals surface area (Å²) in [5.41, 5.74) is 15.7. The molecular formula is C6H9N7O2S. The molecule has 0 aromatic carbocycles. The number of carbonyl (C=O) groups is 2. The van der Waals surface area contributed by atoms with E-state index in [2.05, 4.69) is 20.7 Å². The van der Waals surface area contributed by atoms with Crippen molar-refractivity contribution in [1.82, 2.24) is 20.7 Å². The molecule has 0 atom stereocenters. The van der Waals surface area contributed by atoms with E-state index in [9.17, 15) is 9.59 Å². The fourth-order valence-electron chi connectivity index (χ4n) is 0.707. The molecule has 0 saturated carbocycles. The third-order valence-electron chi connectivity index (χ3n) is 1.41. The molecule has 0 saturated heterocycles. The van der Waals surface area contributed by atoms with Crippen molar-refractivity contribution in [3.05, 3.63) is 0 Å². The van der Waals surface area contributed by atoms with E-state index in [4.69, 9.17) is 17.2 Å². The number of aromatic nitrogens is 3. The van der Waals surface area contributed by atoms with E-state index in [0.717, 1.165) is 0 Å². The summed E-state index contributed by atoms with van der Waals surface area (Å²) in [6.45, 7) is -0.233. The van der Waals surface area contributed by atoms with Crippen LogP contribution < -0.4 is 22.5 Å². The first-order valence-corrected chi connectivity index (χ1v) is 4.80. The Hall–Kier alpha value is -2.10. The van der Waals surface area contributed by atoms with Crippen molar-refractivity contribution < 1.29 is 9.59 Å². The van der Waals surface area contributed by atoms with Gasteiger partial charge in [0.1, 0.15) is 5.69 Å². The van der Waals surface area contributed by atoms with Crippen LogP contribution in [-0.2, 0) is 4.79 Å². The van der Waals surface area contributed by atoms with Gasteiger partial charge in [-0.15, -0.1) is 10.2 Å². The molecule has 0 unspecified atom stereocenters. The summed E-state index contributed by atoms with van der Waals surface area (Å²) in [6.07, 6.45) is 0. The van der Waals surface area contributed by atoms with Crippen LogP contribution >= 0.6 is 11.8 Å². The lowest BCUT2D eigenvalue weighted by Crippen LogP contribution is -2.33. The van der Waals surface area contributed by atoms with Crippen LogP contribution in [0.1, 0.15) is 0 Å². The van der Waals surface area contributed by atoms with E-state index in [-0.39, 0.29) is 23.1 Å². The number of anilines is 2. The van der Waals surface area contributed by atoms with Crippen LogP contribution in [0, 0.1) is 0 Å². The summed E-state index contributed by atoms with van der Waals surface area (Å²) in [5.74, 6) is -0.00633. The number of nitrogens with two attached hydrogens (primary N) is 3.